The average Bonchev–Trinajstić information content (AvgIpc) is 3.01. The number of hydrogen-bond acceptors (Lipinski definition) is 6. The van der Waals surface area contributed by atoms with Crippen LogP contribution in [0.5, 0.6) is 0 Å². The van der Waals surface area contributed by atoms with Crippen molar-refractivity contribution >= 4 is 40.6 Å². The van der Waals surface area contributed by atoms with E-state index in [4.69, 9.17) is 23.2 Å². The van der Waals surface area contributed by atoms with Gasteiger partial charge in [0.05, 0.1) is 27.8 Å². The van der Waals surface area contributed by atoms with Gasteiger partial charge in [-0.1, -0.05) is 23.2 Å². The van der Waals surface area contributed by atoms with Crippen LogP contribution < -0.4 is 10.3 Å². The van der Waals surface area contributed by atoms with Crippen LogP contribution in [0, 0.1) is 5.92 Å². The van der Waals surface area contributed by atoms with Gasteiger partial charge in [0.15, 0.2) is 0 Å². The van der Waals surface area contributed by atoms with Crippen LogP contribution in [0.4, 0.5) is 5.69 Å². The number of nitrogens with zero attached hydrogens (tertiary/aromatic N) is 4. The number of carbonyl (C=O) groups excluding carboxylic acids is 1. The molecule has 0 fully saturated rings. The maximum Gasteiger partial charge on any atom is 0.259 e. The lowest BCUT2D eigenvalue weighted by atomic mass is 10.1. The average molecular weight is 380 g/mol. The van der Waals surface area contributed by atoms with Gasteiger partial charge in [0, 0.05) is 24.9 Å². The number of anilines is 1. The first-order chi connectivity index (χ1) is 12.1. The highest BCUT2D eigenvalue weighted by atomic mass is 35.5. The van der Waals surface area contributed by atoms with Gasteiger partial charge in [-0.05, 0) is 24.6 Å². The summed E-state index contributed by atoms with van der Waals surface area (Å²) in [4.78, 5) is 20.0. The number of hydrogen-bond donors (Lipinski definition) is 2. The molecule has 0 bridgehead atoms. The smallest absolute Gasteiger partial charge is 0.259 e. The quantitative estimate of drug-likeness (QED) is 0.850. The van der Waals surface area contributed by atoms with Crippen LogP contribution >= 0.6 is 23.2 Å². The molecule has 130 valence electrons. The van der Waals surface area contributed by atoms with Gasteiger partial charge in [-0.2, -0.15) is 5.10 Å². The summed E-state index contributed by atoms with van der Waals surface area (Å²) in [7, 11) is 0. The summed E-state index contributed by atoms with van der Waals surface area (Å²) in [5.74, 6) is 0.0142. The third kappa shape index (κ3) is 4.07. The van der Waals surface area contributed by atoms with Crippen molar-refractivity contribution in [2.75, 3.05) is 18.2 Å². The van der Waals surface area contributed by atoms with E-state index in [1.54, 1.807) is 23.2 Å². The fourth-order valence-corrected chi connectivity index (χ4v) is 2.76. The van der Waals surface area contributed by atoms with Gasteiger partial charge in [-0.25, -0.2) is 9.97 Å². The van der Waals surface area contributed by atoms with E-state index in [1.165, 1.54) is 18.7 Å². The Morgan fingerprint density at radius 1 is 1.28 bits per heavy atom. The molecular weight excluding hydrogens is 365 g/mol. The van der Waals surface area contributed by atoms with Crippen LogP contribution in [0.3, 0.4) is 0 Å². The zero-order valence-corrected chi connectivity index (χ0v) is 14.6. The number of amides is 1. The Labute approximate surface area is 154 Å². The molecule has 1 aliphatic heterocycles. The molecular formula is C16H15Cl2N5O2. The molecule has 25 heavy (non-hydrogen) atoms. The molecule has 1 unspecified atom stereocenters. The molecule has 0 saturated carbocycles. The molecule has 1 aromatic carbocycles. The number of benzene rings is 1. The molecule has 1 aromatic heterocycles. The molecule has 0 saturated heterocycles. The van der Waals surface area contributed by atoms with Crippen molar-refractivity contribution in [3.8, 4) is 0 Å². The standard InChI is InChI=1S/C16H15Cl2N5O2/c17-13-2-1-12(5-14(13)18)23-8-10(3-4-24)15(22-23)21-16(25)11-6-19-9-20-7-11/h1-2,5-7,9-10,24H,3-4,8H2,(H,21,22,25). The number of carbonyl (C=O) groups is 1. The van der Waals surface area contributed by atoms with Crippen molar-refractivity contribution in [3.05, 3.63) is 52.5 Å². The molecule has 3 rings (SSSR count). The maximum absolute atomic E-state index is 12.3. The molecule has 1 amide bonds. The van der Waals surface area contributed by atoms with Crippen LogP contribution in [0.25, 0.3) is 0 Å². The predicted molar refractivity (Wildman–Crippen MR) is 95.9 cm³/mol. The molecule has 0 radical (unpaired) electrons. The van der Waals surface area contributed by atoms with E-state index >= 15 is 0 Å². The highest BCUT2D eigenvalue weighted by molar-refractivity contribution is 6.42. The third-order valence-corrected chi connectivity index (χ3v) is 4.49. The van der Waals surface area contributed by atoms with Gasteiger partial charge in [0.25, 0.3) is 5.91 Å². The first-order valence-corrected chi connectivity index (χ1v) is 8.32. The summed E-state index contributed by atoms with van der Waals surface area (Å²) >= 11 is 12.0. The summed E-state index contributed by atoms with van der Waals surface area (Å²) in [5.41, 5.74) is 1.09. The number of hydrazone groups is 1. The van der Waals surface area contributed by atoms with Crippen molar-refractivity contribution in [2.45, 2.75) is 6.42 Å². The number of aromatic nitrogens is 2. The van der Waals surface area contributed by atoms with Crippen molar-refractivity contribution in [1.29, 1.82) is 0 Å². The normalized spacial score (nSPS) is 16.7. The zero-order valence-electron chi connectivity index (χ0n) is 13.1. The first kappa shape index (κ1) is 17.6. The second-order valence-electron chi connectivity index (χ2n) is 5.46. The third-order valence-electron chi connectivity index (χ3n) is 3.75. The van der Waals surface area contributed by atoms with Gasteiger partial charge in [0.1, 0.15) is 12.2 Å². The van der Waals surface area contributed by atoms with Crippen LogP contribution in [-0.4, -0.2) is 40.0 Å². The summed E-state index contributed by atoms with van der Waals surface area (Å²) in [6, 6.07) is 5.19. The number of aliphatic hydroxyl groups is 1. The second-order valence-corrected chi connectivity index (χ2v) is 6.27. The fourth-order valence-electron chi connectivity index (χ4n) is 2.47. The monoisotopic (exact) mass is 379 g/mol. The number of aliphatic hydroxyl groups excluding tert-OH is 1. The largest absolute Gasteiger partial charge is 0.396 e. The molecule has 7 nitrogen and oxygen atoms in total. The molecule has 2 heterocycles. The fraction of sp³-hybridized carbons (Fsp3) is 0.250. The molecule has 2 aromatic rings. The SMILES string of the molecule is O=C(NC1=NN(c2ccc(Cl)c(Cl)c2)CC1CCO)c1cncnc1. The highest BCUT2D eigenvalue weighted by Crippen LogP contribution is 2.30. The Hall–Kier alpha value is -2.22. The molecule has 1 atom stereocenters. The van der Waals surface area contributed by atoms with Crippen molar-refractivity contribution in [1.82, 2.24) is 15.3 Å². The highest BCUT2D eigenvalue weighted by Gasteiger charge is 2.29. The van der Waals surface area contributed by atoms with Crippen molar-refractivity contribution in [2.24, 2.45) is 11.0 Å². The zero-order chi connectivity index (χ0) is 17.8. The van der Waals surface area contributed by atoms with E-state index in [1.807, 2.05) is 0 Å². The summed E-state index contributed by atoms with van der Waals surface area (Å²) in [6.07, 6.45) is 4.68. The van der Waals surface area contributed by atoms with Crippen molar-refractivity contribution < 1.29 is 9.90 Å². The Balaban J connectivity index is 1.81. The summed E-state index contributed by atoms with van der Waals surface area (Å²) in [5, 5.41) is 19.1. The number of nitrogens with one attached hydrogen (secondary N) is 1. The minimum Gasteiger partial charge on any atom is -0.396 e. The topological polar surface area (TPSA) is 90.7 Å². The maximum atomic E-state index is 12.3. The van der Waals surface area contributed by atoms with Crippen LogP contribution in [0.15, 0.2) is 42.0 Å². The molecule has 1 aliphatic rings. The van der Waals surface area contributed by atoms with E-state index < -0.39 is 0 Å². The number of rotatable bonds is 4. The molecule has 0 aliphatic carbocycles. The molecule has 0 spiro atoms. The van der Waals surface area contributed by atoms with Gasteiger partial charge in [-0.3, -0.25) is 9.80 Å². The lowest BCUT2D eigenvalue weighted by Crippen LogP contribution is -2.35. The molecule has 2 N–H and O–H groups in total. The van der Waals surface area contributed by atoms with E-state index in [-0.39, 0.29) is 18.4 Å². The lowest BCUT2D eigenvalue weighted by Gasteiger charge is -2.16. The molecule has 9 heteroatoms. The summed E-state index contributed by atoms with van der Waals surface area (Å²) < 4.78 is 0. The van der Waals surface area contributed by atoms with Crippen LogP contribution in [0.1, 0.15) is 16.8 Å². The van der Waals surface area contributed by atoms with E-state index in [0.717, 1.165) is 5.69 Å². The van der Waals surface area contributed by atoms with Gasteiger partial charge in [-0.15, -0.1) is 0 Å². The Kier molecular flexibility index (Phi) is 5.47. The summed E-state index contributed by atoms with van der Waals surface area (Å²) in [6.45, 7) is 0.503. The first-order valence-electron chi connectivity index (χ1n) is 7.57. The van der Waals surface area contributed by atoms with Gasteiger partial charge < -0.3 is 10.4 Å². The van der Waals surface area contributed by atoms with Gasteiger partial charge in [0.2, 0.25) is 0 Å². The predicted octanol–water partition coefficient (Wildman–Crippen LogP) is 2.35. The minimum absolute atomic E-state index is 0.0107. The Bertz CT molecular complexity index is 800. The second kappa shape index (κ2) is 7.77. The lowest BCUT2D eigenvalue weighted by molar-refractivity contribution is 0.0974. The number of halogens is 2. The van der Waals surface area contributed by atoms with Crippen LogP contribution in [0.2, 0.25) is 10.0 Å². The van der Waals surface area contributed by atoms with E-state index in [0.29, 0.717) is 34.4 Å². The van der Waals surface area contributed by atoms with Crippen molar-refractivity contribution in [3.63, 3.8) is 0 Å². The van der Waals surface area contributed by atoms with E-state index in [2.05, 4.69) is 20.4 Å². The Morgan fingerprint density at radius 3 is 2.72 bits per heavy atom. The Morgan fingerprint density at radius 2 is 2.04 bits per heavy atom. The van der Waals surface area contributed by atoms with Gasteiger partial charge >= 0.3 is 0 Å². The number of amidine groups is 1. The van der Waals surface area contributed by atoms with Crippen LogP contribution in [-0.2, 0) is 0 Å². The minimum atomic E-state index is -0.349. The van der Waals surface area contributed by atoms with E-state index in [9.17, 15) is 9.90 Å².